The third kappa shape index (κ3) is 5.30. The van der Waals surface area contributed by atoms with Gasteiger partial charge in [0, 0.05) is 35.2 Å². The van der Waals surface area contributed by atoms with E-state index in [0.29, 0.717) is 6.54 Å². The van der Waals surface area contributed by atoms with E-state index in [2.05, 4.69) is 36.4 Å². The van der Waals surface area contributed by atoms with Crippen LogP contribution in [0.5, 0.6) is 0 Å². The summed E-state index contributed by atoms with van der Waals surface area (Å²) >= 11 is 1.55. The molecule has 0 N–H and O–H groups in total. The number of thiazole rings is 1. The predicted octanol–water partition coefficient (Wildman–Crippen LogP) is 6.25. The van der Waals surface area contributed by atoms with E-state index in [1.54, 1.807) is 23.5 Å². The summed E-state index contributed by atoms with van der Waals surface area (Å²) in [7, 11) is 0. The van der Waals surface area contributed by atoms with Crippen molar-refractivity contribution in [3.63, 3.8) is 0 Å². The molecule has 0 amide bonds. The van der Waals surface area contributed by atoms with Gasteiger partial charge in [0.1, 0.15) is 0 Å². The van der Waals surface area contributed by atoms with Gasteiger partial charge in [-0.2, -0.15) is 5.10 Å². The Balaban J connectivity index is 1.58. The van der Waals surface area contributed by atoms with Gasteiger partial charge in [-0.3, -0.25) is 15.1 Å². The predicted molar refractivity (Wildman–Crippen MR) is 141 cm³/mol. The highest BCUT2D eigenvalue weighted by Crippen LogP contribution is 2.25. The van der Waals surface area contributed by atoms with Gasteiger partial charge in [-0.05, 0) is 55.4 Å². The standard InChI is InChI=1S/C28H26N4O2S/c33-32(34)24-16-14-23(15-17-24)27-20-35-28(29-19-18-21-8-2-1-3-9-21)31(27)30-26-13-7-5-11-22-10-4-6-12-25(22)26/h1-4,6,8-10,12,14-17,20H,5,7,11,13,18-19H2. The first kappa shape index (κ1) is 22.9. The first-order valence-corrected chi connectivity index (χ1v) is 12.7. The molecule has 0 radical (unpaired) electrons. The average Bonchev–Trinajstić information content (AvgIpc) is 3.16. The number of nitro benzene ring substituents is 1. The SMILES string of the molecule is O=[N+]([O-])c1ccc(-c2csc(=NCCc3ccccc3)n2N=C2CCCCc3ccccc32)cc1. The van der Waals surface area contributed by atoms with Crippen molar-refractivity contribution < 1.29 is 4.92 Å². The van der Waals surface area contributed by atoms with Gasteiger partial charge in [0.25, 0.3) is 5.69 Å². The molecule has 176 valence electrons. The van der Waals surface area contributed by atoms with Gasteiger partial charge in [-0.15, -0.1) is 11.3 Å². The van der Waals surface area contributed by atoms with Gasteiger partial charge in [0.15, 0.2) is 0 Å². The van der Waals surface area contributed by atoms with Crippen LogP contribution in [-0.4, -0.2) is 21.9 Å². The molecule has 1 heterocycles. The van der Waals surface area contributed by atoms with Gasteiger partial charge < -0.3 is 0 Å². The Morgan fingerprint density at radius 2 is 1.66 bits per heavy atom. The summed E-state index contributed by atoms with van der Waals surface area (Å²) in [4.78, 5) is 16.5. The molecule has 1 aliphatic carbocycles. The van der Waals surface area contributed by atoms with E-state index in [4.69, 9.17) is 10.1 Å². The van der Waals surface area contributed by atoms with Crippen LogP contribution in [0.3, 0.4) is 0 Å². The molecule has 7 heteroatoms. The van der Waals surface area contributed by atoms with Gasteiger partial charge >= 0.3 is 0 Å². The van der Waals surface area contributed by atoms with Crippen LogP contribution in [0.1, 0.15) is 36.0 Å². The summed E-state index contributed by atoms with van der Waals surface area (Å²) in [6, 6.07) is 25.5. The third-order valence-corrected chi connectivity index (χ3v) is 7.06. The monoisotopic (exact) mass is 482 g/mol. The average molecular weight is 483 g/mol. The zero-order valence-corrected chi connectivity index (χ0v) is 20.2. The number of benzene rings is 3. The van der Waals surface area contributed by atoms with Crippen molar-refractivity contribution in [3.8, 4) is 11.3 Å². The van der Waals surface area contributed by atoms with Gasteiger partial charge in [0.05, 0.1) is 16.3 Å². The molecule has 1 aliphatic rings. The second kappa shape index (κ2) is 10.6. The highest BCUT2D eigenvalue weighted by atomic mass is 32.1. The van der Waals surface area contributed by atoms with Gasteiger partial charge in [-0.1, -0.05) is 54.6 Å². The van der Waals surface area contributed by atoms with E-state index >= 15 is 0 Å². The van der Waals surface area contributed by atoms with Crippen LogP contribution in [0.15, 0.2) is 94.3 Å². The molecule has 0 bridgehead atoms. The largest absolute Gasteiger partial charge is 0.269 e. The molecule has 0 saturated carbocycles. The van der Waals surface area contributed by atoms with E-state index in [1.807, 2.05) is 28.3 Å². The number of nitrogens with zero attached hydrogens (tertiary/aromatic N) is 4. The Morgan fingerprint density at radius 3 is 2.46 bits per heavy atom. The summed E-state index contributed by atoms with van der Waals surface area (Å²) in [5.41, 5.74) is 6.68. The summed E-state index contributed by atoms with van der Waals surface area (Å²) in [5.74, 6) is 0. The number of aryl methyl sites for hydroxylation is 1. The minimum atomic E-state index is -0.377. The van der Waals surface area contributed by atoms with E-state index in [0.717, 1.165) is 53.9 Å². The van der Waals surface area contributed by atoms with Crippen molar-refractivity contribution in [2.45, 2.75) is 32.1 Å². The molecule has 0 saturated heterocycles. The van der Waals surface area contributed by atoms with E-state index in [-0.39, 0.29) is 10.6 Å². The molecule has 0 spiro atoms. The fraction of sp³-hybridized carbons (Fsp3) is 0.214. The van der Waals surface area contributed by atoms with Gasteiger partial charge in [0.2, 0.25) is 4.80 Å². The number of nitro groups is 1. The van der Waals surface area contributed by atoms with Crippen LogP contribution in [0.4, 0.5) is 5.69 Å². The second-order valence-electron chi connectivity index (χ2n) is 8.55. The molecule has 0 fully saturated rings. The minimum Gasteiger partial charge on any atom is -0.258 e. The fourth-order valence-corrected chi connectivity index (χ4v) is 5.23. The molecule has 6 nitrogen and oxygen atoms in total. The molecule has 0 atom stereocenters. The van der Waals surface area contributed by atoms with Gasteiger partial charge in [-0.25, -0.2) is 4.68 Å². The molecule has 3 aromatic carbocycles. The lowest BCUT2D eigenvalue weighted by atomic mass is 10.0. The maximum absolute atomic E-state index is 11.1. The van der Waals surface area contributed by atoms with Crippen molar-refractivity contribution in [1.82, 2.24) is 4.68 Å². The van der Waals surface area contributed by atoms with E-state index in [9.17, 15) is 10.1 Å². The Hall–Kier alpha value is -3.84. The molecule has 0 aliphatic heterocycles. The highest BCUT2D eigenvalue weighted by Gasteiger charge is 2.16. The summed E-state index contributed by atoms with van der Waals surface area (Å²) in [6.45, 7) is 0.658. The maximum Gasteiger partial charge on any atom is 0.269 e. The molecule has 5 rings (SSSR count). The zero-order chi connectivity index (χ0) is 24.0. The molecule has 1 aromatic heterocycles. The van der Waals surface area contributed by atoms with Crippen molar-refractivity contribution >= 4 is 22.7 Å². The van der Waals surface area contributed by atoms with Crippen molar-refractivity contribution in [1.29, 1.82) is 0 Å². The van der Waals surface area contributed by atoms with Crippen LogP contribution in [0.25, 0.3) is 11.3 Å². The Bertz CT molecular complexity index is 1420. The van der Waals surface area contributed by atoms with Crippen molar-refractivity contribution in [2.24, 2.45) is 10.1 Å². The Kier molecular flexibility index (Phi) is 6.95. The normalized spacial score (nSPS) is 15.1. The van der Waals surface area contributed by atoms with Crippen LogP contribution in [0.2, 0.25) is 0 Å². The zero-order valence-electron chi connectivity index (χ0n) is 19.3. The van der Waals surface area contributed by atoms with Crippen LogP contribution >= 0.6 is 11.3 Å². The minimum absolute atomic E-state index is 0.0762. The van der Waals surface area contributed by atoms with Crippen LogP contribution in [-0.2, 0) is 12.8 Å². The Morgan fingerprint density at radius 1 is 0.914 bits per heavy atom. The first-order chi connectivity index (χ1) is 17.2. The number of hydrogen-bond acceptors (Lipinski definition) is 5. The summed E-state index contributed by atoms with van der Waals surface area (Å²) in [5, 5.41) is 18.3. The molecule has 35 heavy (non-hydrogen) atoms. The van der Waals surface area contributed by atoms with E-state index in [1.165, 1.54) is 28.8 Å². The number of rotatable bonds is 6. The number of aromatic nitrogens is 1. The summed E-state index contributed by atoms with van der Waals surface area (Å²) in [6.07, 6.45) is 5.06. The summed E-state index contributed by atoms with van der Waals surface area (Å²) < 4.78 is 1.92. The van der Waals surface area contributed by atoms with Crippen molar-refractivity contribution in [3.05, 3.63) is 116 Å². The second-order valence-corrected chi connectivity index (χ2v) is 9.38. The molecule has 0 unspecified atom stereocenters. The van der Waals surface area contributed by atoms with Crippen LogP contribution in [0, 0.1) is 10.1 Å². The quantitative estimate of drug-likeness (QED) is 0.185. The number of hydrogen-bond donors (Lipinski definition) is 0. The fourth-order valence-electron chi connectivity index (χ4n) is 4.37. The Labute approximate surface area is 208 Å². The molecule has 4 aromatic rings. The van der Waals surface area contributed by atoms with Crippen LogP contribution < -0.4 is 4.80 Å². The lowest BCUT2D eigenvalue weighted by molar-refractivity contribution is -0.384. The molecular formula is C28H26N4O2S. The number of non-ortho nitro benzene ring substituents is 1. The number of fused-ring (bicyclic) bond motifs is 1. The lowest BCUT2D eigenvalue weighted by Crippen LogP contribution is -2.16. The maximum atomic E-state index is 11.1. The van der Waals surface area contributed by atoms with Crippen molar-refractivity contribution in [2.75, 3.05) is 6.54 Å². The first-order valence-electron chi connectivity index (χ1n) is 11.8. The van der Waals surface area contributed by atoms with E-state index < -0.39 is 0 Å². The third-order valence-electron chi connectivity index (χ3n) is 6.21. The molecular weight excluding hydrogens is 456 g/mol. The topological polar surface area (TPSA) is 72.8 Å². The highest BCUT2D eigenvalue weighted by molar-refractivity contribution is 7.07. The lowest BCUT2D eigenvalue weighted by Gasteiger charge is -2.10. The smallest absolute Gasteiger partial charge is 0.258 e.